The zero-order valence-electron chi connectivity index (χ0n) is 12.2. The van der Waals surface area contributed by atoms with Gasteiger partial charge < -0.3 is 0 Å². The number of rotatable bonds is 4. The van der Waals surface area contributed by atoms with Crippen molar-refractivity contribution < 1.29 is 13.2 Å². The lowest BCUT2D eigenvalue weighted by Crippen LogP contribution is -2.04. The van der Waals surface area contributed by atoms with Crippen LogP contribution in [0.15, 0.2) is 36.5 Å². The Balaban J connectivity index is 2.44. The highest BCUT2D eigenvalue weighted by Gasteiger charge is 2.30. The van der Waals surface area contributed by atoms with Crippen LogP contribution in [0, 0.1) is 0 Å². The third kappa shape index (κ3) is 3.63. The van der Waals surface area contributed by atoms with Crippen LogP contribution in [-0.2, 0) is 19.0 Å². The van der Waals surface area contributed by atoms with E-state index in [4.69, 9.17) is 0 Å². The first kappa shape index (κ1) is 15.5. The third-order valence-corrected chi connectivity index (χ3v) is 3.47. The molecule has 112 valence electrons. The number of hydrogen-bond donors (Lipinski definition) is 0. The van der Waals surface area contributed by atoms with Crippen LogP contribution >= 0.6 is 0 Å². The molecule has 0 fully saturated rings. The summed E-state index contributed by atoms with van der Waals surface area (Å²) in [6, 6.07) is 7.24. The molecule has 0 aliphatic rings. The van der Waals surface area contributed by atoms with Gasteiger partial charge in [0.2, 0.25) is 0 Å². The Morgan fingerprint density at radius 2 is 1.81 bits per heavy atom. The fraction of sp³-hybridized carbons (Fsp3) is 0.353. The summed E-state index contributed by atoms with van der Waals surface area (Å²) in [7, 11) is 0. The normalized spacial score (nSPS) is 11.7. The largest absolute Gasteiger partial charge is 0.416 e. The smallest absolute Gasteiger partial charge is 0.256 e. The Bertz CT molecular complexity index is 618. The Morgan fingerprint density at radius 3 is 2.43 bits per heavy atom. The molecule has 1 aromatic heterocycles. The molecule has 1 heterocycles. The molecule has 2 aromatic rings. The van der Waals surface area contributed by atoms with Gasteiger partial charge in [-0.3, -0.25) is 4.98 Å². The summed E-state index contributed by atoms with van der Waals surface area (Å²) in [5.41, 5.74) is 2.79. The van der Waals surface area contributed by atoms with Crippen molar-refractivity contribution in [1.29, 1.82) is 0 Å². The van der Waals surface area contributed by atoms with Crippen molar-refractivity contribution in [1.82, 2.24) is 4.98 Å². The summed E-state index contributed by atoms with van der Waals surface area (Å²) in [5, 5.41) is 0. The van der Waals surface area contributed by atoms with E-state index < -0.39 is 11.7 Å². The number of halogens is 3. The van der Waals surface area contributed by atoms with E-state index in [1.54, 1.807) is 12.3 Å². The lowest BCUT2D eigenvalue weighted by Gasteiger charge is -2.11. The van der Waals surface area contributed by atoms with Gasteiger partial charge >= 0.3 is 6.18 Å². The minimum Gasteiger partial charge on any atom is -0.256 e. The highest BCUT2D eigenvalue weighted by Crippen LogP contribution is 2.32. The molecule has 0 saturated carbocycles. The minimum atomic E-state index is -4.33. The second-order valence-corrected chi connectivity index (χ2v) is 5.02. The van der Waals surface area contributed by atoms with Crippen molar-refractivity contribution in [3.63, 3.8) is 0 Å². The highest BCUT2D eigenvalue weighted by molar-refractivity contribution is 5.61. The molecule has 21 heavy (non-hydrogen) atoms. The molecule has 0 aliphatic carbocycles. The van der Waals surface area contributed by atoms with Crippen LogP contribution in [0.5, 0.6) is 0 Å². The van der Waals surface area contributed by atoms with Crippen LogP contribution in [0.2, 0.25) is 0 Å². The van der Waals surface area contributed by atoms with E-state index in [2.05, 4.69) is 18.8 Å². The molecule has 0 unspecified atom stereocenters. The van der Waals surface area contributed by atoms with Crippen molar-refractivity contribution in [2.75, 3.05) is 0 Å². The number of benzene rings is 1. The summed E-state index contributed by atoms with van der Waals surface area (Å²) >= 11 is 0. The van der Waals surface area contributed by atoms with E-state index in [1.807, 2.05) is 6.07 Å². The number of aromatic nitrogens is 1. The summed E-state index contributed by atoms with van der Waals surface area (Å²) in [6.07, 6.45) is 0.244. The standard InChI is InChI=1S/C17H18F3N/c1-3-6-13-10-16(21-11-12(13)4-2)14-7-5-8-15(9-14)17(18,19)20/h5,7-11H,3-4,6H2,1-2H3. The SMILES string of the molecule is CCCc1cc(-c2cccc(C(F)(F)F)c2)ncc1CC. The average molecular weight is 293 g/mol. The first-order chi connectivity index (χ1) is 9.95. The first-order valence-corrected chi connectivity index (χ1v) is 7.11. The topological polar surface area (TPSA) is 12.9 Å². The molecule has 0 atom stereocenters. The van der Waals surface area contributed by atoms with Gasteiger partial charge in [-0.15, -0.1) is 0 Å². The molecule has 0 radical (unpaired) electrons. The molecule has 0 spiro atoms. The quantitative estimate of drug-likeness (QED) is 0.747. The predicted molar refractivity (Wildman–Crippen MR) is 78.0 cm³/mol. The Kier molecular flexibility index (Phi) is 4.66. The van der Waals surface area contributed by atoms with Gasteiger partial charge in [0.15, 0.2) is 0 Å². The number of pyridine rings is 1. The van der Waals surface area contributed by atoms with Gasteiger partial charge in [0.25, 0.3) is 0 Å². The molecule has 4 heteroatoms. The summed E-state index contributed by atoms with van der Waals surface area (Å²) in [4.78, 5) is 4.32. The average Bonchev–Trinajstić information content (AvgIpc) is 2.47. The first-order valence-electron chi connectivity index (χ1n) is 7.11. The Labute approximate surface area is 122 Å². The van der Waals surface area contributed by atoms with Crippen molar-refractivity contribution >= 4 is 0 Å². The highest BCUT2D eigenvalue weighted by atomic mass is 19.4. The van der Waals surface area contributed by atoms with Crippen molar-refractivity contribution in [3.8, 4) is 11.3 Å². The number of aryl methyl sites for hydroxylation is 2. The van der Waals surface area contributed by atoms with Crippen LogP contribution in [0.1, 0.15) is 37.0 Å². The van der Waals surface area contributed by atoms with Crippen molar-refractivity contribution in [2.45, 2.75) is 39.3 Å². The van der Waals surface area contributed by atoms with Crippen LogP contribution in [0.4, 0.5) is 13.2 Å². The molecular formula is C17H18F3N. The van der Waals surface area contributed by atoms with E-state index in [1.165, 1.54) is 11.6 Å². The van der Waals surface area contributed by atoms with Gasteiger partial charge in [-0.05, 0) is 42.2 Å². The molecule has 0 bridgehead atoms. The van der Waals surface area contributed by atoms with E-state index in [0.29, 0.717) is 11.3 Å². The molecule has 0 N–H and O–H groups in total. The van der Waals surface area contributed by atoms with E-state index >= 15 is 0 Å². The van der Waals surface area contributed by atoms with E-state index in [9.17, 15) is 13.2 Å². The van der Waals surface area contributed by atoms with E-state index in [0.717, 1.165) is 37.0 Å². The second kappa shape index (κ2) is 6.29. The molecule has 0 aliphatic heterocycles. The van der Waals surface area contributed by atoms with Gasteiger partial charge in [-0.2, -0.15) is 13.2 Å². The second-order valence-electron chi connectivity index (χ2n) is 5.02. The van der Waals surface area contributed by atoms with Crippen LogP contribution < -0.4 is 0 Å². The zero-order valence-corrected chi connectivity index (χ0v) is 12.2. The molecular weight excluding hydrogens is 275 g/mol. The maximum Gasteiger partial charge on any atom is 0.416 e. The maximum atomic E-state index is 12.8. The third-order valence-electron chi connectivity index (χ3n) is 3.47. The predicted octanol–water partition coefficient (Wildman–Crippen LogP) is 5.28. The minimum absolute atomic E-state index is 0.504. The van der Waals surface area contributed by atoms with Gasteiger partial charge in [0.1, 0.15) is 0 Å². The number of nitrogens with zero attached hydrogens (tertiary/aromatic N) is 1. The van der Waals surface area contributed by atoms with Crippen LogP contribution in [-0.4, -0.2) is 4.98 Å². The van der Waals surface area contributed by atoms with Crippen LogP contribution in [0.3, 0.4) is 0 Å². The van der Waals surface area contributed by atoms with Crippen molar-refractivity contribution in [2.24, 2.45) is 0 Å². The lowest BCUT2D eigenvalue weighted by molar-refractivity contribution is -0.137. The zero-order chi connectivity index (χ0) is 15.5. The van der Waals surface area contributed by atoms with Crippen molar-refractivity contribution in [3.05, 3.63) is 53.2 Å². The molecule has 2 rings (SSSR count). The summed E-state index contributed by atoms with van der Waals surface area (Å²) < 4.78 is 38.3. The van der Waals surface area contributed by atoms with Gasteiger partial charge in [0.05, 0.1) is 11.3 Å². The van der Waals surface area contributed by atoms with E-state index in [-0.39, 0.29) is 0 Å². The molecule has 1 aromatic carbocycles. The molecule has 0 amide bonds. The fourth-order valence-electron chi connectivity index (χ4n) is 2.36. The van der Waals surface area contributed by atoms with Gasteiger partial charge in [-0.1, -0.05) is 32.4 Å². The summed E-state index contributed by atoms with van der Waals surface area (Å²) in [6.45, 7) is 4.14. The molecule has 1 nitrogen and oxygen atoms in total. The lowest BCUT2D eigenvalue weighted by atomic mass is 9.99. The fourth-order valence-corrected chi connectivity index (χ4v) is 2.36. The summed E-state index contributed by atoms with van der Waals surface area (Å²) in [5.74, 6) is 0. The van der Waals surface area contributed by atoms with Crippen LogP contribution in [0.25, 0.3) is 11.3 Å². The van der Waals surface area contributed by atoms with Gasteiger partial charge in [-0.25, -0.2) is 0 Å². The monoisotopic (exact) mass is 293 g/mol. The van der Waals surface area contributed by atoms with Gasteiger partial charge in [0, 0.05) is 11.8 Å². The maximum absolute atomic E-state index is 12.8. The Hall–Kier alpha value is -1.84. The molecule has 0 saturated heterocycles. The Morgan fingerprint density at radius 1 is 1.05 bits per heavy atom. The number of alkyl halides is 3. The number of hydrogen-bond acceptors (Lipinski definition) is 1.